The van der Waals surface area contributed by atoms with Crippen molar-refractivity contribution in [2.24, 2.45) is 0 Å². The molecule has 1 aromatic rings. The van der Waals surface area contributed by atoms with Crippen LogP contribution in [-0.4, -0.2) is 39.0 Å². The maximum absolute atomic E-state index is 12.3. The first-order valence-electron chi connectivity index (χ1n) is 7.69. The average Bonchev–Trinajstić information content (AvgIpc) is 2.49. The fourth-order valence-corrected chi connectivity index (χ4v) is 4.84. The normalized spacial score (nSPS) is 19.9. The summed E-state index contributed by atoms with van der Waals surface area (Å²) in [6, 6.07) is 3.20. The van der Waals surface area contributed by atoms with Crippen LogP contribution in [-0.2, 0) is 10.0 Å². The molecule has 1 fully saturated rings. The molecule has 0 spiro atoms. The highest BCUT2D eigenvalue weighted by molar-refractivity contribution is 7.89. The lowest BCUT2D eigenvalue weighted by Gasteiger charge is -2.33. The Morgan fingerprint density at radius 3 is 2.57 bits per heavy atom. The zero-order chi connectivity index (χ0) is 17.0. The second kappa shape index (κ2) is 8.37. The largest absolute Gasteiger partial charge is 0.301 e. The molecule has 1 N–H and O–H groups in total. The number of sulfonamides is 1. The smallest absolute Gasteiger partial charge is 0.242 e. The van der Waals surface area contributed by atoms with Crippen molar-refractivity contribution < 1.29 is 8.42 Å². The van der Waals surface area contributed by atoms with Gasteiger partial charge in [-0.05, 0) is 51.4 Å². The maximum atomic E-state index is 12.3. The highest BCUT2D eigenvalue weighted by Crippen LogP contribution is 2.31. The molecule has 2 rings (SSSR count). The third-order valence-corrected chi connectivity index (χ3v) is 6.77. The Morgan fingerprint density at radius 2 is 1.87 bits per heavy atom. The van der Waals surface area contributed by atoms with Gasteiger partial charge in [-0.25, -0.2) is 13.1 Å². The van der Waals surface area contributed by atoms with E-state index in [9.17, 15) is 8.42 Å². The zero-order valence-corrected chi connectivity index (χ0v) is 16.1. The molecule has 0 radical (unpaired) electrons. The van der Waals surface area contributed by atoms with E-state index in [1.807, 2.05) is 0 Å². The summed E-state index contributed by atoms with van der Waals surface area (Å²) in [4.78, 5) is 2.36. The van der Waals surface area contributed by atoms with E-state index in [1.165, 1.54) is 31.4 Å². The van der Waals surface area contributed by atoms with Crippen molar-refractivity contribution in [1.29, 1.82) is 0 Å². The minimum atomic E-state index is -3.69. The van der Waals surface area contributed by atoms with E-state index in [-0.39, 0.29) is 20.0 Å². The lowest BCUT2D eigenvalue weighted by Crippen LogP contribution is -2.39. The van der Waals surface area contributed by atoms with E-state index >= 15 is 0 Å². The Bertz CT molecular complexity index is 652. The predicted octanol–water partition coefficient (Wildman–Crippen LogP) is 4.19. The molecule has 8 heteroatoms. The first-order valence-corrected chi connectivity index (χ1v) is 10.3. The number of hydrogen-bond acceptors (Lipinski definition) is 3. The third kappa shape index (κ3) is 5.21. The second-order valence-corrected chi connectivity index (χ2v) is 8.79. The van der Waals surface area contributed by atoms with E-state index in [1.54, 1.807) is 0 Å². The molecule has 1 heterocycles. The SMILES string of the molecule is CC1CCCCN1CCCNS(=O)(=O)c1cc(Cl)c(Cl)cc1Cl. The molecule has 1 unspecified atom stereocenters. The summed E-state index contributed by atoms with van der Waals surface area (Å²) in [7, 11) is -3.69. The van der Waals surface area contributed by atoms with Crippen LogP contribution in [0.2, 0.25) is 15.1 Å². The van der Waals surface area contributed by atoms with Crippen molar-refractivity contribution in [2.75, 3.05) is 19.6 Å². The highest BCUT2D eigenvalue weighted by Gasteiger charge is 2.21. The minimum Gasteiger partial charge on any atom is -0.301 e. The van der Waals surface area contributed by atoms with Crippen LogP contribution in [0.3, 0.4) is 0 Å². The van der Waals surface area contributed by atoms with Gasteiger partial charge in [0.05, 0.1) is 15.1 Å². The topological polar surface area (TPSA) is 49.4 Å². The summed E-state index contributed by atoms with van der Waals surface area (Å²) >= 11 is 17.7. The molecule has 1 aromatic carbocycles. The number of halogens is 3. The molecule has 130 valence electrons. The molecule has 23 heavy (non-hydrogen) atoms. The zero-order valence-electron chi connectivity index (χ0n) is 13.0. The number of nitrogens with zero attached hydrogens (tertiary/aromatic N) is 1. The van der Waals surface area contributed by atoms with Gasteiger partial charge < -0.3 is 4.90 Å². The van der Waals surface area contributed by atoms with Gasteiger partial charge in [-0.2, -0.15) is 0 Å². The van der Waals surface area contributed by atoms with E-state index in [0.717, 1.165) is 19.5 Å². The molecular formula is C15H21Cl3N2O2S. The number of nitrogens with one attached hydrogen (secondary N) is 1. The fourth-order valence-electron chi connectivity index (χ4n) is 2.77. The van der Waals surface area contributed by atoms with Crippen LogP contribution in [0.4, 0.5) is 0 Å². The van der Waals surface area contributed by atoms with Crippen LogP contribution < -0.4 is 4.72 Å². The molecule has 0 saturated carbocycles. The van der Waals surface area contributed by atoms with Gasteiger partial charge in [-0.15, -0.1) is 0 Å². The number of hydrogen-bond donors (Lipinski definition) is 1. The van der Waals surface area contributed by atoms with Crippen LogP contribution in [0, 0.1) is 0 Å². The summed E-state index contributed by atoms with van der Waals surface area (Å²) < 4.78 is 27.2. The molecule has 0 amide bonds. The van der Waals surface area contributed by atoms with Crippen LogP contribution >= 0.6 is 34.8 Å². The lowest BCUT2D eigenvalue weighted by molar-refractivity contribution is 0.159. The van der Waals surface area contributed by atoms with Gasteiger partial charge in [0.15, 0.2) is 0 Å². The molecule has 4 nitrogen and oxygen atoms in total. The van der Waals surface area contributed by atoms with Crippen molar-refractivity contribution in [3.05, 3.63) is 27.2 Å². The average molecular weight is 400 g/mol. The Morgan fingerprint density at radius 1 is 1.17 bits per heavy atom. The van der Waals surface area contributed by atoms with Gasteiger partial charge in [0.25, 0.3) is 0 Å². The molecule has 0 aliphatic carbocycles. The van der Waals surface area contributed by atoms with Gasteiger partial charge in [-0.3, -0.25) is 0 Å². The Labute approximate surface area is 153 Å². The Hall–Kier alpha value is -0.0400. The standard InChI is InChI=1S/C15H21Cl3N2O2S/c1-11-5-2-3-7-20(11)8-4-6-19-23(21,22)15-10-13(17)12(16)9-14(15)18/h9-11,19H,2-8H2,1H3. The van der Waals surface area contributed by atoms with Gasteiger partial charge in [0.2, 0.25) is 10.0 Å². The number of likely N-dealkylation sites (tertiary alicyclic amines) is 1. The maximum Gasteiger partial charge on any atom is 0.242 e. The van der Waals surface area contributed by atoms with Crippen LogP contribution in [0.15, 0.2) is 17.0 Å². The summed E-state index contributed by atoms with van der Waals surface area (Å²) in [5.74, 6) is 0. The summed E-state index contributed by atoms with van der Waals surface area (Å²) in [6.45, 7) is 4.56. The predicted molar refractivity (Wildman–Crippen MR) is 96.2 cm³/mol. The molecule has 1 saturated heterocycles. The summed E-state index contributed by atoms with van der Waals surface area (Å²) in [6.07, 6.45) is 4.46. The van der Waals surface area contributed by atoms with E-state index < -0.39 is 10.0 Å². The van der Waals surface area contributed by atoms with Gasteiger partial charge in [-0.1, -0.05) is 41.2 Å². The van der Waals surface area contributed by atoms with Gasteiger partial charge >= 0.3 is 0 Å². The first kappa shape index (κ1) is 19.3. The van der Waals surface area contributed by atoms with Crippen molar-refractivity contribution in [2.45, 2.75) is 43.5 Å². The minimum absolute atomic E-state index is 0.0418. The number of benzene rings is 1. The quantitative estimate of drug-likeness (QED) is 0.576. The van der Waals surface area contributed by atoms with E-state index in [2.05, 4.69) is 16.5 Å². The molecule has 0 aromatic heterocycles. The van der Waals surface area contributed by atoms with Gasteiger partial charge in [0, 0.05) is 12.6 Å². The van der Waals surface area contributed by atoms with Gasteiger partial charge in [0.1, 0.15) is 4.90 Å². The number of rotatable bonds is 6. The monoisotopic (exact) mass is 398 g/mol. The Balaban J connectivity index is 1.90. The third-order valence-electron chi connectivity index (χ3n) is 4.12. The molecule has 1 aliphatic heterocycles. The highest BCUT2D eigenvalue weighted by atomic mass is 35.5. The van der Waals surface area contributed by atoms with Crippen molar-refractivity contribution in [3.8, 4) is 0 Å². The van der Waals surface area contributed by atoms with E-state index in [0.29, 0.717) is 12.6 Å². The fraction of sp³-hybridized carbons (Fsp3) is 0.600. The van der Waals surface area contributed by atoms with E-state index in [4.69, 9.17) is 34.8 Å². The van der Waals surface area contributed by atoms with Crippen molar-refractivity contribution in [1.82, 2.24) is 9.62 Å². The van der Waals surface area contributed by atoms with Crippen molar-refractivity contribution >= 4 is 44.8 Å². The van der Waals surface area contributed by atoms with Crippen LogP contribution in [0.25, 0.3) is 0 Å². The summed E-state index contributed by atoms with van der Waals surface area (Å²) in [5, 5.41) is 0.463. The Kier molecular flexibility index (Phi) is 7.01. The lowest BCUT2D eigenvalue weighted by atomic mass is 10.0. The van der Waals surface area contributed by atoms with Crippen LogP contribution in [0.1, 0.15) is 32.6 Å². The molecule has 0 bridgehead atoms. The van der Waals surface area contributed by atoms with Crippen molar-refractivity contribution in [3.63, 3.8) is 0 Å². The van der Waals surface area contributed by atoms with Crippen LogP contribution in [0.5, 0.6) is 0 Å². The summed E-state index contributed by atoms with van der Waals surface area (Å²) in [5.41, 5.74) is 0. The molecule has 1 aliphatic rings. The molecule has 1 atom stereocenters. The first-order chi connectivity index (χ1) is 10.8. The molecular weight excluding hydrogens is 379 g/mol. The second-order valence-electron chi connectivity index (χ2n) is 5.83. The number of piperidine rings is 1.